The van der Waals surface area contributed by atoms with Crippen molar-refractivity contribution in [2.75, 3.05) is 0 Å². The predicted molar refractivity (Wildman–Crippen MR) is 83.7 cm³/mol. The molecule has 0 saturated heterocycles. The van der Waals surface area contributed by atoms with Gasteiger partial charge in [-0.05, 0) is 51.8 Å². The van der Waals surface area contributed by atoms with Gasteiger partial charge in [-0.2, -0.15) is 13.2 Å². The number of benzene rings is 2. The lowest BCUT2D eigenvalue weighted by atomic mass is 10.1. The van der Waals surface area contributed by atoms with Gasteiger partial charge >= 0.3 is 6.18 Å². The van der Waals surface area contributed by atoms with Gasteiger partial charge in [-0.15, -0.1) is 0 Å². The number of halogens is 5. The Labute approximate surface area is 141 Å². The molecule has 0 N–H and O–H groups in total. The van der Waals surface area contributed by atoms with Crippen molar-refractivity contribution in [1.29, 1.82) is 0 Å². The Morgan fingerprint density at radius 1 is 1.13 bits per heavy atom. The van der Waals surface area contributed by atoms with Crippen LogP contribution in [-0.2, 0) is 6.18 Å². The van der Waals surface area contributed by atoms with Crippen molar-refractivity contribution in [3.63, 3.8) is 0 Å². The fraction of sp³-hybridized carbons (Fsp3) is 0.0625. The van der Waals surface area contributed by atoms with E-state index in [4.69, 9.17) is 0 Å². The Hall–Kier alpha value is -1.60. The number of thioether (sulfide) groups is 1. The average Bonchev–Trinajstić information content (AvgIpc) is 2.81. The van der Waals surface area contributed by atoms with Crippen LogP contribution in [0, 0.1) is 5.82 Å². The van der Waals surface area contributed by atoms with Gasteiger partial charge in [-0.1, -0.05) is 23.9 Å². The van der Waals surface area contributed by atoms with Crippen LogP contribution in [0.25, 0.3) is 6.08 Å². The molecule has 1 aliphatic heterocycles. The second-order valence-electron chi connectivity index (χ2n) is 4.80. The van der Waals surface area contributed by atoms with Gasteiger partial charge in [-0.3, -0.25) is 4.79 Å². The molecule has 0 aromatic heterocycles. The summed E-state index contributed by atoms with van der Waals surface area (Å²) in [6.45, 7) is 0. The molecular formula is C16H7BrF4OS. The molecule has 1 nitrogen and oxygen atoms in total. The molecule has 118 valence electrons. The summed E-state index contributed by atoms with van der Waals surface area (Å²) < 4.78 is 52.6. The molecule has 2 aromatic carbocycles. The number of allylic oxidation sites excluding steroid dienone is 1. The van der Waals surface area contributed by atoms with Crippen molar-refractivity contribution >= 4 is 39.6 Å². The van der Waals surface area contributed by atoms with Crippen molar-refractivity contribution in [2.24, 2.45) is 0 Å². The van der Waals surface area contributed by atoms with Crippen molar-refractivity contribution in [3.05, 3.63) is 68.3 Å². The molecule has 23 heavy (non-hydrogen) atoms. The number of hydrogen-bond acceptors (Lipinski definition) is 2. The van der Waals surface area contributed by atoms with E-state index >= 15 is 0 Å². The van der Waals surface area contributed by atoms with Crippen LogP contribution < -0.4 is 0 Å². The molecule has 3 rings (SSSR count). The van der Waals surface area contributed by atoms with Crippen molar-refractivity contribution in [1.82, 2.24) is 0 Å². The summed E-state index contributed by atoms with van der Waals surface area (Å²) in [4.78, 5) is 12.9. The SMILES string of the molecule is O=C1/C(=C/c2cccc(C(F)(F)F)c2)Sc2c(Br)ccc(F)c21. The highest BCUT2D eigenvalue weighted by atomic mass is 79.9. The molecule has 1 aliphatic rings. The molecule has 0 fully saturated rings. The van der Waals surface area contributed by atoms with Gasteiger partial charge in [0.25, 0.3) is 0 Å². The van der Waals surface area contributed by atoms with Crippen LogP contribution in [0.3, 0.4) is 0 Å². The Bertz CT molecular complexity index is 842. The minimum Gasteiger partial charge on any atom is -0.288 e. The lowest BCUT2D eigenvalue weighted by molar-refractivity contribution is -0.137. The van der Waals surface area contributed by atoms with E-state index < -0.39 is 23.3 Å². The van der Waals surface area contributed by atoms with Crippen LogP contribution in [0.2, 0.25) is 0 Å². The van der Waals surface area contributed by atoms with Gasteiger partial charge < -0.3 is 0 Å². The fourth-order valence-electron chi connectivity index (χ4n) is 2.18. The van der Waals surface area contributed by atoms with E-state index in [1.54, 1.807) is 0 Å². The molecule has 1 heterocycles. The molecule has 0 bridgehead atoms. The van der Waals surface area contributed by atoms with Gasteiger partial charge in [-0.25, -0.2) is 4.39 Å². The average molecular weight is 403 g/mol. The zero-order valence-electron chi connectivity index (χ0n) is 11.2. The van der Waals surface area contributed by atoms with Crippen LogP contribution >= 0.6 is 27.7 Å². The molecule has 0 unspecified atom stereocenters. The van der Waals surface area contributed by atoms with Gasteiger partial charge in [0.2, 0.25) is 5.78 Å². The van der Waals surface area contributed by atoms with Crippen LogP contribution in [-0.4, -0.2) is 5.78 Å². The van der Waals surface area contributed by atoms with Crippen molar-refractivity contribution < 1.29 is 22.4 Å². The van der Waals surface area contributed by atoms with Gasteiger partial charge in [0.15, 0.2) is 0 Å². The summed E-state index contributed by atoms with van der Waals surface area (Å²) in [5, 5.41) is 0. The van der Waals surface area contributed by atoms with Crippen molar-refractivity contribution in [3.8, 4) is 0 Å². The lowest BCUT2D eigenvalue weighted by Crippen LogP contribution is -2.04. The topological polar surface area (TPSA) is 17.1 Å². The van der Waals surface area contributed by atoms with E-state index in [9.17, 15) is 22.4 Å². The Balaban J connectivity index is 2.02. The third-order valence-corrected chi connectivity index (χ3v) is 5.31. The number of alkyl halides is 3. The maximum Gasteiger partial charge on any atom is 0.416 e. The fourth-order valence-corrected chi connectivity index (χ4v) is 3.82. The zero-order chi connectivity index (χ0) is 16.8. The van der Waals surface area contributed by atoms with Crippen LogP contribution in [0.5, 0.6) is 0 Å². The highest BCUT2D eigenvalue weighted by Crippen LogP contribution is 2.45. The zero-order valence-corrected chi connectivity index (χ0v) is 13.7. The second-order valence-corrected chi connectivity index (χ2v) is 6.70. The molecular weight excluding hydrogens is 396 g/mol. The molecule has 0 aliphatic carbocycles. The standard InChI is InChI=1S/C16H7BrF4OS/c17-10-4-5-11(18)13-14(22)12(23-15(10)13)7-8-2-1-3-9(6-8)16(19,20)21/h1-7H/b12-7-. The summed E-state index contributed by atoms with van der Waals surface area (Å²) in [6, 6.07) is 7.30. The molecule has 0 atom stereocenters. The van der Waals surface area contributed by atoms with Gasteiger partial charge in [0, 0.05) is 9.37 Å². The second kappa shape index (κ2) is 5.79. The quantitative estimate of drug-likeness (QED) is 0.433. The summed E-state index contributed by atoms with van der Waals surface area (Å²) in [6.07, 6.45) is -3.12. The van der Waals surface area contributed by atoms with E-state index in [-0.39, 0.29) is 16.0 Å². The van der Waals surface area contributed by atoms with Gasteiger partial charge in [0.1, 0.15) is 5.82 Å². The van der Waals surface area contributed by atoms with E-state index in [2.05, 4.69) is 15.9 Å². The minimum atomic E-state index is -4.46. The lowest BCUT2D eigenvalue weighted by Gasteiger charge is -2.07. The summed E-state index contributed by atoms with van der Waals surface area (Å²) in [5.74, 6) is -1.17. The minimum absolute atomic E-state index is 0.0531. The maximum atomic E-state index is 13.8. The third kappa shape index (κ3) is 3.07. The Morgan fingerprint density at radius 3 is 2.52 bits per heavy atom. The highest BCUT2D eigenvalue weighted by Gasteiger charge is 2.32. The highest BCUT2D eigenvalue weighted by molar-refractivity contribution is 9.10. The number of rotatable bonds is 1. The van der Waals surface area contributed by atoms with Crippen LogP contribution in [0.15, 0.2) is 50.7 Å². The summed E-state index contributed by atoms with van der Waals surface area (Å²) in [7, 11) is 0. The molecule has 0 amide bonds. The number of hydrogen-bond donors (Lipinski definition) is 0. The number of fused-ring (bicyclic) bond motifs is 1. The van der Waals surface area contributed by atoms with E-state index in [1.165, 1.54) is 30.3 Å². The van der Waals surface area contributed by atoms with Crippen LogP contribution in [0.4, 0.5) is 17.6 Å². The summed E-state index contributed by atoms with van der Waals surface area (Å²) in [5.41, 5.74) is -0.616. The third-order valence-electron chi connectivity index (χ3n) is 3.23. The van der Waals surface area contributed by atoms with Crippen LogP contribution in [0.1, 0.15) is 21.5 Å². The number of carbonyl (C=O) groups excluding carboxylic acids is 1. The molecule has 2 aromatic rings. The van der Waals surface area contributed by atoms with Gasteiger partial charge in [0.05, 0.1) is 16.0 Å². The first-order chi connectivity index (χ1) is 10.8. The summed E-state index contributed by atoms with van der Waals surface area (Å²) >= 11 is 4.28. The number of carbonyl (C=O) groups is 1. The first kappa shape index (κ1) is 16.3. The number of ketones is 1. The molecule has 0 radical (unpaired) electrons. The maximum absolute atomic E-state index is 13.8. The first-order valence-corrected chi connectivity index (χ1v) is 7.98. The normalized spacial score (nSPS) is 16.0. The predicted octanol–water partition coefficient (Wildman–Crippen LogP) is 5.94. The van der Waals surface area contributed by atoms with E-state index in [0.717, 1.165) is 23.9 Å². The van der Waals surface area contributed by atoms with Crippen molar-refractivity contribution in [2.45, 2.75) is 11.1 Å². The molecule has 0 spiro atoms. The van der Waals surface area contributed by atoms with E-state index in [1.807, 2.05) is 0 Å². The largest absolute Gasteiger partial charge is 0.416 e. The monoisotopic (exact) mass is 402 g/mol. The Morgan fingerprint density at radius 2 is 1.87 bits per heavy atom. The van der Waals surface area contributed by atoms with E-state index in [0.29, 0.717) is 9.37 Å². The molecule has 7 heteroatoms. The number of Topliss-reactive ketones (excluding diaryl/α,β-unsaturated/α-hetero) is 1. The Kier molecular flexibility index (Phi) is 4.10. The smallest absolute Gasteiger partial charge is 0.288 e. The first-order valence-electron chi connectivity index (χ1n) is 6.37. The molecule has 0 saturated carbocycles.